The van der Waals surface area contributed by atoms with Gasteiger partial charge in [-0.05, 0) is 17.5 Å². The second-order valence-electron chi connectivity index (χ2n) is 6.85. The molecule has 0 unspecified atom stereocenters. The fraction of sp³-hybridized carbons (Fsp3) is 0.318. The second kappa shape index (κ2) is 8.45. The minimum atomic E-state index is 0. The molecule has 5 rings (SSSR count). The Hall–Kier alpha value is -2.90. The van der Waals surface area contributed by atoms with Gasteiger partial charge in [0.25, 0.3) is 0 Å². The molecule has 158 valence electrons. The topological polar surface area (TPSA) is 59.3 Å². The van der Waals surface area contributed by atoms with Crippen LogP contribution in [0.3, 0.4) is 0 Å². The molecular formula is C22H22ClNO6. The van der Waals surface area contributed by atoms with Crippen LogP contribution in [0.4, 0.5) is 0 Å². The summed E-state index contributed by atoms with van der Waals surface area (Å²) in [5.41, 5.74) is 1.95. The van der Waals surface area contributed by atoms with Crippen LogP contribution in [0.25, 0.3) is 22.0 Å². The van der Waals surface area contributed by atoms with Crippen molar-refractivity contribution in [2.24, 2.45) is 0 Å². The summed E-state index contributed by atoms with van der Waals surface area (Å²) in [5.74, 6) is 3.55. The van der Waals surface area contributed by atoms with Crippen molar-refractivity contribution < 1.29 is 45.4 Å². The molecule has 0 saturated carbocycles. The van der Waals surface area contributed by atoms with Gasteiger partial charge in [-0.2, -0.15) is 4.57 Å². The molecule has 2 aromatic carbocycles. The number of nitrogens with zero attached hydrogens (tertiary/aromatic N) is 1. The van der Waals surface area contributed by atoms with Crippen molar-refractivity contribution in [2.75, 3.05) is 40.8 Å². The molecule has 0 atom stereocenters. The highest BCUT2D eigenvalue weighted by Gasteiger charge is 2.26. The Bertz CT molecular complexity index is 1090. The number of halogens is 1. The Balaban J connectivity index is 0.00000218. The Morgan fingerprint density at radius 3 is 2.27 bits per heavy atom. The lowest BCUT2D eigenvalue weighted by atomic mass is 10.0. The SMILES string of the molecule is COc1cc2cc3[n+](cc2cc1OC)CCOCCOc1cc2c(cc1-3)OCO2.[Cl-]. The molecule has 0 amide bonds. The molecule has 2 aliphatic rings. The molecule has 30 heavy (non-hydrogen) atoms. The molecule has 3 heterocycles. The van der Waals surface area contributed by atoms with E-state index in [-0.39, 0.29) is 19.2 Å². The molecule has 0 spiro atoms. The van der Waals surface area contributed by atoms with E-state index < -0.39 is 0 Å². The molecular weight excluding hydrogens is 410 g/mol. The van der Waals surface area contributed by atoms with Gasteiger partial charge < -0.3 is 40.8 Å². The summed E-state index contributed by atoms with van der Waals surface area (Å²) in [7, 11) is 3.28. The third-order valence-electron chi connectivity index (χ3n) is 5.20. The van der Waals surface area contributed by atoms with Gasteiger partial charge in [0.15, 0.2) is 35.7 Å². The predicted octanol–water partition coefficient (Wildman–Crippen LogP) is -0.0468. The number of rotatable bonds is 2. The minimum absolute atomic E-state index is 0. The van der Waals surface area contributed by atoms with Crippen LogP contribution in [-0.2, 0) is 11.3 Å². The minimum Gasteiger partial charge on any atom is -1.00 e. The number of fused-ring (bicyclic) bond motifs is 5. The molecule has 0 aliphatic carbocycles. The third-order valence-corrected chi connectivity index (χ3v) is 5.20. The summed E-state index contributed by atoms with van der Waals surface area (Å²) >= 11 is 0. The van der Waals surface area contributed by atoms with E-state index in [0.717, 1.165) is 33.5 Å². The van der Waals surface area contributed by atoms with Crippen molar-refractivity contribution in [3.63, 3.8) is 0 Å². The van der Waals surface area contributed by atoms with Crippen LogP contribution >= 0.6 is 0 Å². The maximum atomic E-state index is 6.02. The first-order valence-corrected chi connectivity index (χ1v) is 9.50. The van der Waals surface area contributed by atoms with Crippen LogP contribution in [0.2, 0.25) is 0 Å². The Morgan fingerprint density at radius 1 is 0.767 bits per heavy atom. The smallest absolute Gasteiger partial charge is 0.231 e. The van der Waals surface area contributed by atoms with Crippen LogP contribution in [-0.4, -0.2) is 40.8 Å². The molecule has 1 aromatic heterocycles. The monoisotopic (exact) mass is 431 g/mol. The number of hydrogen-bond acceptors (Lipinski definition) is 6. The van der Waals surface area contributed by atoms with E-state index in [1.807, 2.05) is 24.3 Å². The zero-order valence-corrected chi connectivity index (χ0v) is 17.5. The van der Waals surface area contributed by atoms with E-state index >= 15 is 0 Å². The molecule has 8 heteroatoms. The van der Waals surface area contributed by atoms with Gasteiger partial charge in [-0.25, -0.2) is 0 Å². The first kappa shape index (κ1) is 20.4. The zero-order valence-electron chi connectivity index (χ0n) is 16.8. The van der Waals surface area contributed by atoms with Crippen LogP contribution < -0.4 is 40.7 Å². The summed E-state index contributed by atoms with van der Waals surface area (Å²) in [6, 6.07) is 9.97. The lowest BCUT2D eigenvalue weighted by molar-refractivity contribution is -0.686. The molecule has 2 aliphatic heterocycles. The largest absolute Gasteiger partial charge is 1.00 e. The Morgan fingerprint density at radius 2 is 1.50 bits per heavy atom. The van der Waals surface area contributed by atoms with Gasteiger partial charge in [-0.3, -0.25) is 0 Å². The fourth-order valence-corrected chi connectivity index (χ4v) is 3.75. The molecule has 0 fully saturated rings. The van der Waals surface area contributed by atoms with Crippen LogP contribution in [0.5, 0.6) is 28.7 Å². The first-order chi connectivity index (χ1) is 14.3. The van der Waals surface area contributed by atoms with Crippen molar-refractivity contribution >= 4 is 10.8 Å². The van der Waals surface area contributed by atoms with E-state index in [9.17, 15) is 0 Å². The molecule has 7 nitrogen and oxygen atoms in total. The third kappa shape index (κ3) is 3.55. The van der Waals surface area contributed by atoms with E-state index in [4.69, 9.17) is 28.4 Å². The first-order valence-electron chi connectivity index (χ1n) is 9.50. The maximum Gasteiger partial charge on any atom is 0.231 e. The van der Waals surface area contributed by atoms with E-state index in [1.54, 1.807) is 14.2 Å². The summed E-state index contributed by atoms with van der Waals surface area (Å²) in [4.78, 5) is 0. The van der Waals surface area contributed by atoms with Crippen molar-refractivity contribution in [3.8, 4) is 40.0 Å². The summed E-state index contributed by atoms with van der Waals surface area (Å²) in [6.45, 7) is 2.54. The highest BCUT2D eigenvalue weighted by molar-refractivity contribution is 5.88. The molecule has 0 saturated heterocycles. The van der Waals surface area contributed by atoms with Crippen LogP contribution in [0, 0.1) is 0 Å². The fourth-order valence-electron chi connectivity index (χ4n) is 3.75. The van der Waals surface area contributed by atoms with Gasteiger partial charge >= 0.3 is 0 Å². The number of ether oxygens (including phenoxy) is 6. The van der Waals surface area contributed by atoms with Gasteiger partial charge in [-0.1, -0.05) is 0 Å². The highest BCUT2D eigenvalue weighted by Crippen LogP contribution is 2.42. The average Bonchev–Trinajstić information content (AvgIpc) is 3.21. The number of pyridine rings is 1. The van der Waals surface area contributed by atoms with E-state index in [0.29, 0.717) is 43.6 Å². The quantitative estimate of drug-likeness (QED) is 0.530. The highest BCUT2D eigenvalue weighted by atomic mass is 35.5. The number of hydrogen-bond donors (Lipinski definition) is 0. The standard InChI is InChI=1S/C22H22NO6.ClH/c1-24-19-8-14-7-17-16-10-21-22(29-13-28-21)11-18(16)27-6-5-26-4-3-23(17)12-15(14)9-20(19)25-2;/h7-12H,3-6,13H2,1-2H3;1H/q+1;/p-1. The average molecular weight is 432 g/mol. The van der Waals surface area contributed by atoms with Crippen molar-refractivity contribution in [1.29, 1.82) is 0 Å². The van der Waals surface area contributed by atoms with Gasteiger partial charge in [-0.15, -0.1) is 0 Å². The number of methoxy groups -OCH3 is 2. The van der Waals surface area contributed by atoms with Crippen LogP contribution in [0.15, 0.2) is 36.5 Å². The summed E-state index contributed by atoms with van der Waals surface area (Å²) in [5, 5.41) is 2.09. The Labute approximate surface area is 180 Å². The summed E-state index contributed by atoms with van der Waals surface area (Å²) < 4.78 is 36.0. The summed E-state index contributed by atoms with van der Waals surface area (Å²) in [6.07, 6.45) is 2.10. The lowest BCUT2D eigenvalue weighted by Crippen LogP contribution is -3.00. The maximum absolute atomic E-state index is 6.02. The number of benzene rings is 2. The number of aromatic nitrogens is 1. The zero-order chi connectivity index (χ0) is 19.8. The lowest BCUT2D eigenvalue weighted by Gasteiger charge is -2.16. The molecule has 0 bridgehead atoms. The van der Waals surface area contributed by atoms with Gasteiger partial charge in [0, 0.05) is 23.6 Å². The van der Waals surface area contributed by atoms with Gasteiger partial charge in [0.05, 0.1) is 26.4 Å². The second-order valence-corrected chi connectivity index (χ2v) is 6.85. The molecule has 3 aromatic rings. The van der Waals surface area contributed by atoms with Gasteiger partial charge in [0.2, 0.25) is 12.5 Å². The van der Waals surface area contributed by atoms with Crippen molar-refractivity contribution in [1.82, 2.24) is 0 Å². The predicted molar refractivity (Wildman–Crippen MR) is 105 cm³/mol. The van der Waals surface area contributed by atoms with E-state index in [2.05, 4.69) is 16.8 Å². The van der Waals surface area contributed by atoms with Crippen LogP contribution in [0.1, 0.15) is 0 Å². The Kier molecular flexibility index (Phi) is 5.74. The van der Waals surface area contributed by atoms with Crippen molar-refractivity contribution in [3.05, 3.63) is 36.5 Å². The normalized spacial score (nSPS) is 14.7. The van der Waals surface area contributed by atoms with E-state index in [1.165, 1.54) is 0 Å². The molecule has 0 N–H and O–H groups in total. The molecule has 0 radical (unpaired) electrons. The van der Waals surface area contributed by atoms with Crippen molar-refractivity contribution in [2.45, 2.75) is 6.54 Å². The van der Waals surface area contributed by atoms with Gasteiger partial charge in [0.1, 0.15) is 19.0 Å².